The van der Waals surface area contributed by atoms with E-state index in [0.717, 1.165) is 18.2 Å². The van der Waals surface area contributed by atoms with E-state index < -0.39 is 86.1 Å². The third kappa shape index (κ3) is 11.3. The summed E-state index contributed by atoms with van der Waals surface area (Å²) in [5.74, 6) is -7.76. The Balaban J connectivity index is 0.000000131. The molecule has 476 valence electrons. The molecule has 6 heterocycles. The molecule has 9 aromatic carbocycles. The minimum absolute atomic E-state index is 0.108. The average molecular weight is 1300 g/mol. The van der Waals surface area contributed by atoms with E-state index in [9.17, 15) is 68.2 Å². The van der Waals surface area contributed by atoms with Crippen molar-refractivity contribution in [1.82, 2.24) is 0 Å². The first kappa shape index (κ1) is 62.2. The average Bonchev–Trinajstić information content (AvgIpc) is 0.757. The quantitative estimate of drug-likeness (QED) is 0.0731. The fourth-order valence-corrected chi connectivity index (χ4v) is 11.9. The summed E-state index contributed by atoms with van der Waals surface area (Å²) in [6, 6.07) is 56.9. The Hall–Kier alpha value is -13.6. The molecule has 0 radical (unpaired) electrons. The van der Waals surface area contributed by atoms with Crippen molar-refractivity contribution in [2.24, 2.45) is 0 Å². The molecule has 6 aromatic heterocycles. The van der Waals surface area contributed by atoms with Gasteiger partial charge in [0.1, 0.15) is 79.6 Å². The van der Waals surface area contributed by atoms with Gasteiger partial charge >= 0.3 is 33.8 Å². The minimum Gasteiger partial charge on any atom is -0.507 e. The summed E-state index contributed by atoms with van der Waals surface area (Å²) in [6.45, 7) is 0. The van der Waals surface area contributed by atoms with Gasteiger partial charge in [-0.25, -0.2) is 37.5 Å². The van der Waals surface area contributed by atoms with Crippen LogP contribution in [0.3, 0.4) is 0 Å². The molecule has 0 amide bonds. The van der Waals surface area contributed by atoms with Gasteiger partial charge in [0.05, 0.1) is 95.1 Å². The van der Waals surface area contributed by atoms with Gasteiger partial charge in [-0.1, -0.05) is 115 Å². The van der Waals surface area contributed by atoms with Gasteiger partial charge < -0.3 is 57.1 Å². The first-order chi connectivity index (χ1) is 46.9. The third-order valence-electron chi connectivity index (χ3n) is 16.4. The maximum Gasteiger partial charge on any atom is 0.344 e. The van der Waals surface area contributed by atoms with Gasteiger partial charge in [0.2, 0.25) is 0 Å². The number of fused-ring (bicyclic) bond motifs is 6. The molecule has 0 unspecified atom stereocenters. The second kappa shape index (κ2) is 25.5. The standard InChI is InChI=1S/C26H15NO6.2C25H15FO6/c27-13-14-9-11-15(12-10-14)20(21-23(28)16-5-1-3-7-18(16)32-25(21)30)22-24(29)17-6-2-4-8-19(17)33-26(22)31;26-16-10-4-1-7-13(16)19(20-22(27)14-8-2-5-11-17(14)31-24(20)29)21-23(28)15-9-3-6-12-18(15)32-25(21)30;26-14-11-9-13(10-12-14)19(20-22(27)15-5-1-3-7-17(15)31-24(20)29)21-23(28)16-6-2-4-8-18(16)32-25(21)30/h1-12,20,28-29H;2*1-12,19,27-28H. The van der Waals surface area contributed by atoms with Crippen LogP contribution < -0.4 is 33.8 Å². The number of para-hydroxylation sites is 6. The summed E-state index contributed by atoms with van der Waals surface area (Å²) >= 11 is 0. The summed E-state index contributed by atoms with van der Waals surface area (Å²) < 4.78 is 60.9. The van der Waals surface area contributed by atoms with Crippen LogP contribution in [0, 0.1) is 23.0 Å². The van der Waals surface area contributed by atoms with Crippen LogP contribution >= 0.6 is 0 Å². The minimum atomic E-state index is -1.49. The van der Waals surface area contributed by atoms with Crippen LogP contribution in [0.1, 0.15) is 73.4 Å². The lowest BCUT2D eigenvalue weighted by Crippen LogP contribution is -2.22. The van der Waals surface area contributed by atoms with E-state index in [-0.39, 0.29) is 122 Å². The number of benzene rings is 9. The van der Waals surface area contributed by atoms with Crippen LogP contribution in [0.5, 0.6) is 34.5 Å². The van der Waals surface area contributed by atoms with Crippen LogP contribution in [0.15, 0.2) is 274 Å². The highest BCUT2D eigenvalue weighted by atomic mass is 19.1. The maximum absolute atomic E-state index is 14.9. The normalized spacial score (nSPS) is 11.3. The fraction of sp³-hybridized carbons (Fsp3) is 0.0395. The van der Waals surface area contributed by atoms with Gasteiger partial charge in [0, 0.05) is 5.56 Å². The molecule has 0 aliphatic carbocycles. The summed E-state index contributed by atoms with van der Waals surface area (Å²) in [6.07, 6.45) is 0. The predicted molar refractivity (Wildman–Crippen MR) is 352 cm³/mol. The zero-order chi connectivity index (χ0) is 67.9. The summed E-state index contributed by atoms with van der Waals surface area (Å²) in [7, 11) is 0. The highest BCUT2D eigenvalue weighted by molar-refractivity contribution is 5.90. The molecule has 97 heavy (non-hydrogen) atoms. The number of halogens is 2. The SMILES string of the molecule is N#Cc1ccc(C(c2c(O)c3ccccc3oc2=O)c2c(O)c3ccccc3oc2=O)cc1.O=c1oc2ccccc2c(O)c1C(c1ccc(F)cc1)c1c(O)c2ccccc2oc1=O.O=c1oc2ccccc2c(O)c1C(c1ccccc1F)c1c(O)c2ccccc2oc1=O. The van der Waals surface area contributed by atoms with Gasteiger partial charge in [-0.2, -0.15) is 5.26 Å². The van der Waals surface area contributed by atoms with Crippen LogP contribution in [0.25, 0.3) is 65.8 Å². The van der Waals surface area contributed by atoms with Gasteiger partial charge in [-0.15, -0.1) is 0 Å². The van der Waals surface area contributed by atoms with E-state index in [1.165, 1.54) is 78.9 Å². The first-order valence-electron chi connectivity index (χ1n) is 29.4. The Kier molecular flexibility index (Phi) is 16.3. The Morgan fingerprint density at radius 2 is 0.515 bits per heavy atom. The zero-order valence-corrected chi connectivity index (χ0v) is 49.8. The van der Waals surface area contributed by atoms with Crippen molar-refractivity contribution in [1.29, 1.82) is 5.26 Å². The Morgan fingerprint density at radius 3 is 0.773 bits per heavy atom. The lowest BCUT2D eigenvalue weighted by molar-refractivity contribution is 0.438. The fourth-order valence-electron chi connectivity index (χ4n) is 11.9. The molecule has 6 N–H and O–H groups in total. The Morgan fingerprint density at radius 1 is 0.289 bits per heavy atom. The molecule has 15 aromatic rings. The summed E-state index contributed by atoms with van der Waals surface area (Å²) in [5.41, 5.74) is -5.40. The molecule has 0 atom stereocenters. The lowest BCUT2D eigenvalue weighted by Gasteiger charge is -2.20. The van der Waals surface area contributed by atoms with Crippen LogP contribution in [0.2, 0.25) is 0 Å². The van der Waals surface area contributed by atoms with Crippen molar-refractivity contribution >= 4 is 65.8 Å². The van der Waals surface area contributed by atoms with Gasteiger partial charge in [-0.05, 0) is 114 Å². The summed E-state index contributed by atoms with van der Waals surface area (Å²) in [5, 5.41) is 76.9. The highest BCUT2D eigenvalue weighted by Gasteiger charge is 2.37. The second-order valence-electron chi connectivity index (χ2n) is 22.0. The van der Waals surface area contributed by atoms with E-state index in [1.807, 2.05) is 6.07 Å². The molecule has 0 saturated carbocycles. The van der Waals surface area contributed by atoms with Crippen LogP contribution in [0.4, 0.5) is 8.78 Å². The molecule has 0 spiro atoms. The Bertz CT molecular complexity index is 5790. The maximum atomic E-state index is 14.9. The van der Waals surface area contributed by atoms with Crippen LogP contribution in [-0.4, -0.2) is 30.6 Å². The lowest BCUT2D eigenvalue weighted by atomic mass is 9.84. The van der Waals surface area contributed by atoms with Gasteiger partial charge in [0.15, 0.2) is 0 Å². The van der Waals surface area contributed by atoms with Crippen molar-refractivity contribution in [2.45, 2.75) is 17.8 Å². The van der Waals surface area contributed by atoms with E-state index >= 15 is 0 Å². The molecule has 0 saturated heterocycles. The monoisotopic (exact) mass is 1300 g/mol. The van der Waals surface area contributed by atoms with Gasteiger partial charge in [-0.3, -0.25) is 0 Å². The molecular formula is C76H45F2NO18. The molecule has 0 aliphatic heterocycles. The van der Waals surface area contributed by atoms with Gasteiger partial charge in [0.25, 0.3) is 0 Å². The van der Waals surface area contributed by atoms with Crippen LogP contribution in [-0.2, 0) is 0 Å². The zero-order valence-electron chi connectivity index (χ0n) is 49.8. The van der Waals surface area contributed by atoms with Crippen molar-refractivity contribution in [2.75, 3.05) is 0 Å². The number of rotatable bonds is 9. The second-order valence-corrected chi connectivity index (χ2v) is 22.0. The van der Waals surface area contributed by atoms with Crippen molar-refractivity contribution in [3.8, 4) is 40.6 Å². The molecule has 21 heteroatoms. The highest BCUT2D eigenvalue weighted by Crippen LogP contribution is 2.46. The van der Waals surface area contributed by atoms with Crippen molar-refractivity contribution < 1.29 is 65.9 Å². The largest absolute Gasteiger partial charge is 0.507 e. The molecule has 0 aliphatic rings. The van der Waals surface area contributed by atoms with Crippen molar-refractivity contribution in [3.05, 3.63) is 348 Å². The molecule has 19 nitrogen and oxygen atoms in total. The molecular weight excluding hydrogens is 1250 g/mol. The molecule has 15 rings (SSSR count). The van der Waals surface area contributed by atoms with E-state index in [2.05, 4.69) is 0 Å². The van der Waals surface area contributed by atoms with E-state index in [4.69, 9.17) is 31.8 Å². The first-order valence-corrected chi connectivity index (χ1v) is 29.4. The smallest absolute Gasteiger partial charge is 0.344 e. The summed E-state index contributed by atoms with van der Waals surface area (Å²) in [4.78, 5) is 78.0. The third-order valence-corrected chi connectivity index (χ3v) is 16.4. The predicted octanol–water partition coefficient (Wildman–Crippen LogP) is 13.6. The van der Waals surface area contributed by atoms with E-state index in [1.54, 1.807) is 121 Å². The number of nitrogens with zero attached hydrogens (tertiary/aromatic N) is 1. The number of aromatic hydroxyl groups is 6. The number of hydrogen-bond donors (Lipinski definition) is 6. The van der Waals surface area contributed by atoms with E-state index in [0.29, 0.717) is 11.1 Å². The topological polar surface area (TPSA) is 326 Å². The van der Waals surface area contributed by atoms with Crippen molar-refractivity contribution in [3.63, 3.8) is 0 Å². The Labute approximate surface area is 541 Å². The molecule has 0 bridgehead atoms. The number of nitriles is 1. The number of hydrogen-bond acceptors (Lipinski definition) is 19. The molecule has 0 fully saturated rings.